The normalized spacial score (nSPS) is 11.3. The Kier molecular flexibility index (Phi) is 9.51. The van der Waals surface area contributed by atoms with Gasteiger partial charge in [0.15, 0.2) is 17.5 Å². The maximum atomic E-state index is 10.5. The molecule has 0 amide bonds. The Labute approximate surface area is 382 Å². The van der Waals surface area contributed by atoms with Gasteiger partial charge in [0.1, 0.15) is 0 Å². The molecule has 0 saturated carbocycles. The van der Waals surface area contributed by atoms with Crippen molar-refractivity contribution >= 4 is 43.1 Å². The quantitative estimate of drug-likeness (QED) is 0.150. The molecule has 0 fully saturated rings. The Morgan fingerprint density at radius 2 is 0.727 bits per heavy atom. The zero-order valence-electron chi connectivity index (χ0n) is 35.7. The van der Waals surface area contributed by atoms with Crippen molar-refractivity contribution in [2.24, 2.45) is 0 Å². The van der Waals surface area contributed by atoms with E-state index < -0.39 is 0 Å². The van der Waals surface area contributed by atoms with E-state index in [2.05, 4.69) is 200 Å². The average molecular weight is 839 g/mol. The molecule has 0 bridgehead atoms. The Balaban J connectivity index is 0.854. The van der Waals surface area contributed by atoms with Crippen LogP contribution in [0.2, 0.25) is 0 Å². The van der Waals surface area contributed by atoms with Gasteiger partial charge in [-0.15, -0.1) is 0 Å². The lowest BCUT2D eigenvalue weighted by Gasteiger charge is -2.12. The van der Waals surface area contributed by atoms with Gasteiger partial charge in [0.2, 0.25) is 0 Å². The fourth-order valence-electron chi connectivity index (χ4n) is 9.39. The number of hydrogen-bond donors (Lipinski definition) is 0. The molecule has 0 aliphatic carbocycles. The molecule has 0 aliphatic heterocycles. The first-order chi connectivity index (χ1) is 32.6. The lowest BCUT2D eigenvalue weighted by molar-refractivity contribution is 1.08. The van der Waals surface area contributed by atoms with Crippen molar-refractivity contribution in [1.82, 2.24) is 15.0 Å². The molecule has 0 radical (unpaired) electrons. The van der Waals surface area contributed by atoms with Gasteiger partial charge in [-0.25, -0.2) is 15.0 Å². The minimum absolute atomic E-state index is 0.607. The third kappa shape index (κ3) is 7.02. The molecule has 12 aromatic rings. The number of fused-ring (bicyclic) bond motifs is 6. The number of hydrogen-bond acceptors (Lipinski definition) is 4. The monoisotopic (exact) mass is 838 g/mol. The summed E-state index contributed by atoms with van der Waals surface area (Å²) in [6, 6.07) is 82.9. The third-order valence-electron chi connectivity index (χ3n) is 12.8. The molecule has 0 aliphatic rings. The fraction of sp³-hybridized carbons (Fsp3) is 0. The summed E-state index contributed by atoms with van der Waals surface area (Å²) in [6.45, 7) is 0. The number of aromatic nitrogens is 3. The van der Waals surface area contributed by atoms with E-state index in [1.54, 1.807) is 0 Å². The third-order valence-corrected chi connectivity index (χ3v) is 12.8. The highest BCUT2D eigenvalue weighted by atomic mass is 15.0. The second-order valence-corrected chi connectivity index (χ2v) is 16.7. The van der Waals surface area contributed by atoms with Crippen LogP contribution < -0.4 is 0 Å². The van der Waals surface area contributed by atoms with E-state index >= 15 is 0 Å². The number of nitriles is 1. The molecule has 0 saturated heterocycles. The topological polar surface area (TPSA) is 62.5 Å². The zero-order valence-corrected chi connectivity index (χ0v) is 35.7. The van der Waals surface area contributed by atoms with E-state index in [9.17, 15) is 5.26 Å². The highest BCUT2D eigenvalue weighted by Crippen LogP contribution is 2.37. The molecule has 66 heavy (non-hydrogen) atoms. The maximum Gasteiger partial charge on any atom is 0.164 e. The van der Waals surface area contributed by atoms with E-state index in [0.717, 1.165) is 72.0 Å². The second-order valence-electron chi connectivity index (χ2n) is 16.7. The molecule has 0 atom stereocenters. The molecule has 11 aromatic carbocycles. The lowest BCUT2D eigenvalue weighted by atomic mass is 9.92. The standard InChI is InChI=1S/C62H38N4/c63-39-52-37-48(32-33-53(52)50-17-8-16-47(35-50)49-30-29-44-28-27-42-11-5-7-20-55(42)59(44)38-49)41-25-23-40(24-26-41)46-15-9-18-51(36-46)61-64-60(45-13-2-1-3-14-45)65-62(66-61)58-22-10-21-56-54-19-6-4-12-43(54)31-34-57(56)58/h1-38H. The predicted octanol–water partition coefficient (Wildman–Crippen LogP) is 16.0. The van der Waals surface area contributed by atoms with Gasteiger partial charge in [-0.1, -0.05) is 206 Å². The molecule has 4 heteroatoms. The van der Waals surface area contributed by atoms with Gasteiger partial charge in [-0.3, -0.25) is 0 Å². The summed E-state index contributed by atoms with van der Waals surface area (Å²) in [5.41, 5.74) is 11.7. The van der Waals surface area contributed by atoms with Crippen LogP contribution in [0.15, 0.2) is 231 Å². The van der Waals surface area contributed by atoms with Gasteiger partial charge in [-0.2, -0.15) is 5.26 Å². The fourth-order valence-corrected chi connectivity index (χ4v) is 9.39. The van der Waals surface area contributed by atoms with Crippen LogP contribution in [0.3, 0.4) is 0 Å². The van der Waals surface area contributed by atoms with Crippen LogP contribution in [-0.4, -0.2) is 15.0 Å². The van der Waals surface area contributed by atoms with Crippen molar-refractivity contribution in [3.8, 4) is 84.7 Å². The summed E-state index contributed by atoms with van der Waals surface area (Å²) >= 11 is 0. The van der Waals surface area contributed by atoms with E-state index in [1.165, 1.54) is 32.3 Å². The molecular weight excluding hydrogens is 801 g/mol. The van der Waals surface area contributed by atoms with Gasteiger partial charge in [0, 0.05) is 16.7 Å². The van der Waals surface area contributed by atoms with Crippen LogP contribution in [0.5, 0.6) is 0 Å². The first kappa shape index (κ1) is 38.6. The Morgan fingerprint density at radius 1 is 0.258 bits per heavy atom. The van der Waals surface area contributed by atoms with Crippen molar-refractivity contribution in [3.05, 3.63) is 236 Å². The van der Waals surface area contributed by atoms with Gasteiger partial charge < -0.3 is 0 Å². The van der Waals surface area contributed by atoms with Crippen LogP contribution in [-0.2, 0) is 0 Å². The second kappa shape index (κ2) is 16.3. The number of rotatable bonds is 7. The van der Waals surface area contributed by atoms with Crippen molar-refractivity contribution in [2.45, 2.75) is 0 Å². The average Bonchev–Trinajstić information content (AvgIpc) is 3.40. The smallest absolute Gasteiger partial charge is 0.164 e. The van der Waals surface area contributed by atoms with Crippen LogP contribution in [0.1, 0.15) is 5.56 Å². The summed E-state index contributed by atoms with van der Waals surface area (Å²) in [7, 11) is 0. The van der Waals surface area contributed by atoms with E-state index in [0.29, 0.717) is 23.0 Å². The van der Waals surface area contributed by atoms with Crippen LogP contribution >= 0.6 is 0 Å². The van der Waals surface area contributed by atoms with E-state index in [-0.39, 0.29) is 0 Å². The van der Waals surface area contributed by atoms with Gasteiger partial charge in [0.05, 0.1) is 11.6 Å². The molecule has 4 nitrogen and oxygen atoms in total. The summed E-state index contributed by atoms with van der Waals surface area (Å²) in [5, 5.41) is 20.0. The molecule has 0 spiro atoms. The molecule has 0 unspecified atom stereocenters. The Bertz CT molecular complexity index is 3890. The summed E-state index contributed by atoms with van der Waals surface area (Å²) in [6.07, 6.45) is 0. The van der Waals surface area contributed by atoms with Crippen LogP contribution in [0.4, 0.5) is 0 Å². The predicted molar refractivity (Wildman–Crippen MR) is 273 cm³/mol. The largest absolute Gasteiger partial charge is 0.208 e. The van der Waals surface area contributed by atoms with Crippen LogP contribution in [0.25, 0.3) is 122 Å². The van der Waals surface area contributed by atoms with E-state index in [4.69, 9.17) is 15.0 Å². The van der Waals surface area contributed by atoms with Gasteiger partial charge in [0.25, 0.3) is 0 Å². The van der Waals surface area contributed by atoms with Crippen molar-refractivity contribution < 1.29 is 0 Å². The summed E-state index contributed by atoms with van der Waals surface area (Å²) in [4.78, 5) is 15.3. The molecule has 0 N–H and O–H groups in total. The van der Waals surface area contributed by atoms with Gasteiger partial charge >= 0.3 is 0 Å². The highest BCUT2D eigenvalue weighted by Gasteiger charge is 2.16. The molecule has 12 rings (SSSR count). The Morgan fingerprint density at radius 3 is 1.47 bits per heavy atom. The number of benzene rings is 11. The first-order valence-corrected chi connectivity index (χ1v) is 22.1. The zero-order chi connectivity index (χ0) is 44.0. The minimum atomic E-state index is 0.607. The maximum absolute atomic E-state index is 10.5. The van der Waals surface area contributed by atoms with Crippen molar-refractivity contribution in [2.75, 3.05) is 0 Å². The Hall–Kier alpha value is -9.04. The van der Waals surface area contributed by atoms with Gasteiger partial charge in [-0.05, 0) is 112 Å². The molecular formula is C62H38N4. The summed E-state index contributed by atoms with van der Waals surface area (Å²) in [5.74, 6) is 1.86. The SMILES string of the molecule is N#Cc1cc(-c2ccc(-c3cccc(-c4nc(-c5ccccc5)nc(-c5cccc6c5ccc5ccccc56)n4)c3)cc2)ccc1-c1cccc(-c2ccc3ccc4ccccc4c3c2)c1. The highest BCUT2D eigenvalue weighted by molar-refractivity contribution is 6.12. The van der Waals surface area contributed by atoms with Crippen molar-refractivity contribution in [3.63, 3.8) is 0 Å². The van der Waals surface area contributed by atoms with Crippen LogP contribution in [0, 0.1) is 11.3 Å². The molecule has 306 valence electrons. The molecule has 1 aromatic heterocycles. The molecule has 1 heterocycles. The van der Waals surface area contributed by atoms with E-state index in [1.807, 2.05) is 36.4 Å². The lowest BCUT2D eigenvalue weighted by Crippen LogP contribution is -2.00. The first-order valence-electron chi connectivity index (χ1n) is 22.1. The summed E-state index contributed by atoms with van der Waals surface area (Å²) < 4.78 is 0. The number of nitrogens with zero attached hydrogens (tertiary/aromatic N) is 4. The minimum Gasteiger partial charge on any atom is -0.208 e. The van der Waals surface area contributed by atoms with Crippen molar-refractivity contribution in [1.29, 1.82) is 5.26 Å².